The molecule has 25 heavy (non-hydrogen) atoms. The zero-order chi connectivity index (χ0) is 18.1. The van der Waals surface area contributed by atoms with E-state index < -0.39 is 5.97 Å². The van der Waals surface area contributed by atoms with Crippen molar-refractivity contribution in [2.75, 3.05) is 6.61 Å². The maximum atomic E-state index is 12.1. The van der Waals surface area contributed by atoms with E-state index in [4.69, 9.17) is 14.7 Å². The average Bonchev–Trinajstić information content (AvgIpc) is 2.66. The van der Waals surface area contributed by atoms with Crippen LogP contribution < -0.4 is 9.47 Å². The van der Waals surface area contributed by atoms with Crippen LogP contribution in [0, 0.1) is 17.2 Å². The molecule has 2 rings (SSSR count). The van der Waals surface area contributed by atoms with E-state index in [1.165, 1.54) is 6.42 Å². The molecule has 0 saturated heterocycles. The van der Waals surface area contributed by atoms with Crippen LogP contribution in [0.1, 0.15) is 49.0 Å². The molecule has 0 fully saturated rings. The van der Waals surface area contributed by atoms with E-state index in [-0.39, 0.29) is 0 Å². The summed E-state index contributed by atoms with van der Waals surface area (Å²) < 4.78 is 11.0. The largest absolute Gasteiger partial charge is 0.494 e. The van der Waals surface area contributed by atoms with Crippen molar-refractivity contribution < 1.29 is 14.3 Å². The number of rotatable bonds is 8. The molecule has 4 nitrogen and oxygen atoms in total. The monoisotopic (exact) mass is 337 g/mol. The third-order valence-corrected chi connectivity index (χ3v) is 4.09. The van der Waals surface area contributed by atoms with Crippen LogP contribution in [0.3, 0.4) is 0 Å². The first kappa shape index (κ1) is 18.5. The molecule has 2 aromatic carbocycles. The quantitative estimate of drug-likeness (QED) is 0.387. The van der Waals surface area contributed by atoms with Gasteiger partial charge in [-0.05, 0) is 67.3 Å². The number of ether oxygens (including phenoxy) is 2. The minimum atomic E-state index is -0.452. The molecule has 0 aliphatic carbocycles. The highest BCUT2D eigenvalue weighted by molar-refractivity contribution is 5.91. The van der Waals surface area contributed by atoms with Gasteiger partial charge in [0.25, 0.3) is 0 Å². The molecule has 0 aromatic heterocycles. The summed E-state index contributed by atoms with van der Waals surface area (Å²) in [6.45, 7) is 5.13. The Morgan fingerprint density at radius 1 is 1.08 bits per heavy atom. The zero-order valence-electron chi connectivity index (χ0n) is 14.7. The van der Waals surface area contributed by atoms with Crippen LogP contribution in [0.25, 0.3) is 0 Å². The second kappa shape index (κ2) is 9.48. The summed E-state index contributed by atoms with van der Waals surface area (Å²) >= 11 is 0. The van der Waals surface area contributed by atoms with Crippen molar-refractivity contribution in [3.63, 3.8) is 0 Å². The summed E-state index contributed by atoms with van der Waals surface area (Å²) in [6, 6.07) is 15.4. The van der Waals surface area contributed by atoms with Crippen LogP contribution in [-0.2, 0) is 0 Å². The molecule has 0 aliphatic rings. The normalized spacial score (nSPS) is 11.4. The van der Waals surface area contributed by atoms with Gasteiger partial charge in [-0.2, -0.15) is 5.26 Å². The van der Waals surface area contributed by atoms with E-state index in [2.05, 4.69) is 13.8 Å². The topological polar surface area (TPSA) is 59.3 Å². The number of carbonyl (C=O) groups excluding carboxylic acids is 1. The second-order valence-electron chi connectivity index (χ2n) is 6.05. The maximum Gasteiger partial charge on any atom is 0.343 e. The van der Waals surface area contributed by atoms with Crippen LogP contribution in [0.4, 0.5) is 0 Å². The first-order chi connectivity index (χ1) is 12.1. The van der Waals surface area contributed by atoms with Gasteiger partial charge in [0.05, 0.1) is 23.8 Å². The molecule has 1 atom stereocenters. The van der Waals surface area contributed by atoms with Crippen LogP contribution in [0.2, 0.25) is 0 Å². The van der Waals surface area contributed by atoms with Crippen molar-refractivity contribution in [1.82, 2.24) is 0 Å². The Balaban J connectivity index is 1.83. The Morgan fingerprint density at radius 2 is 1.72 bits per heavy atom. The molecule has 130 valence electrons. The lowest BCUT2D eigenvalue weighted by atomic mass is 10.0. The highest BCUT2D eigenvalue weighted by Gasteiger charge is 2.08. The Kier molecular flexibility index (Phi) is 7.03. The number of nitrogens with zero attached hydrogens (tertiary/aromatic N) is 1. The number of hydrogen-bond donors (Lipinski definition) is 0. The molecule has 0 heterocycles. The van der Waals surface area contributed by atoms with Crippen molar-refractivity contribution in [2.24, 2.45) is 5.92 Å². The fourth-order valence-corrected chi connectivity index (χ4v) is 2.28. The summed E-state index contributed by atoms with van der Waals surface area (Å²) in [4.78, 5) is 12.1. The van der Waals surface area contributed by atoms with Gasteiger partial charge in [-0.1, -0.05) is 20.3 Å². The lowest BCUT2D eigenvalue weighted by Crippen LogP contribution is -2.08. The van der Waals surface area contributed by atoms with Gasteiger partial charge < -0.3 is 9.47 Å². The predicted octanol–water partition coefficient (Wildman–Crippen LogP) is 4.98. The molecule has 4 heteroatoms. The van der Waals surface area contributed by atoms with Gasteiger partial charge in [0.15, 0.2) is 0 Å². The molecule has 0 amide bonds. The van der Waals surface area contributed by atoms with E-state index in [1.54, 1.807) is 48.5 Å². The molecule has 2 aromatic rings. The Bertz CT molecular complexity index is 714. The molecule has 0 saturated carbocycles. The molecule has 0 bridgehead atoms. The lowest BCUT2D eigenvalue weighted by Gasteiger charge is -2.10. The maximum absolute atomic E-state index is 12.1. The van der Waals surface area contributed by atoms with Gasteiger partial charge in [0.2, 0.25) is 0 Å². The minimum Gasteiger partial charge on any atom is -0.494 e. The van der Waals surface area contributed by atoms with Gasteiger partial charge in [0, 0.05) is 0 Å². The van der Waals surface area contributed by atoms with E-state index >= 15 is 0 Å². The number of benzene rings is 2. The smallest absolute Gasteiger partial charge is 0.343 e. The minimum absolute atomic E-state index is 0.407. The third kappa shape index (κ3) is 5.96. The number of hydrogen-bond acceptors (Lipinski definition) is 4. The standard InChI is InChI=1S/C21H23NO3/c1-3-16(2)5-4-14-24-19-10-12-20(13-11-19)25-21(23)18-8-6-17(15-22)7-9-18/h6-13,16H,3-5,14H2,1-2H3/t16-/m0/s1. The van der Waals surface area contributed by atoms with Crippen LogP contribution >= 0.6 is 0 Å². The van der Waals surface area contributed by atoms with Crippen LogP contribution in [0.5, 0.6) is 11.5 Å². The summed E-state index contributed by atoms with van der Waals surface area (Å²) in [5.74, 6) is 1.50. The first-order valence-electron chi connectivity index (χ1n) is 8.57. The summed E-state index contributed by atoms with van der Waals surface area (Å²) in [5, 5.41) is 8.77. The van der Waals surface area contributed by atoms with Crippen molar-refractivity contribution in [3.05, 3.63) is 59.7 Å². The van der Waals surface area contributed by atoms with Crippen molar-refractivity contribution in [3.8, 4) is 17.6 Å². The highest BCUT2D eigenvalue weighted by Crippen LogP contribution is 2.19. The van der Waals surface area contributed by atoms with Crippen LogP contribution in [0.15, 0.2) is 48.5 Å². The molecular weight excluding hydrogens is 314 g/mol. The Morgan fingerprint density at radius 3 is 2.32 bits per heavy atom. The van der Waals surface area contributed by atoms with Crippen molar-refractivity contribution >= 4 is 5.97 Å². The SMILES string of the molecule is CC[C@H](C)CCCOc1ccc(OC(=O)c2ccc(C#N)cc2)cc1. The van der Waals surface area contributed by atoms with E-state index in [1.807, 2.05) is 6.07 Å². The average molecular weight is 337 g/mol. The van der Waals surface area contributed by atoms with Gasteiger partial charge >= 0.3 is 5.97 Å². The van der Waals surface area contributed by atoms with Gasteiger partial charge in [-0.25, -0.2) is 4.79 Å². The Labute approximate surface area is 149 Å². The Hall–Kier alpha value is -2.80. The van der Waals surface area contributed by atoms with Crippen molar-refractivity contribution in [1.29, 1.82) is 5.26 Å². The summed E-state index contributed by atoms with van der Waals surface area (Å²) in [6.07, 6.45) is 3.39. The number of carbonyl (C=O) groups is 1. The van der Waals surface area contributed by atoms with E-state index in [9.17, 15) is 4.79 Å². The molecule has 0 spiro atoms. The third-order valence-electron chi connectivity index (χ3n) is 4.09. The van der Waals surface area contributed by atoms with Crippen molar-refractivity contribution in [2.45, 2.75) is 33.1 Å². The molecule has 0 unspecified atom stereocenters. The first-order valence-corrected chi connectivity index (χ1v) is 8.57. The molecule has 0 N–H and O–H groups in total. The predicted molar refractivity (Wildman–Crippen MR) is 96.7 cm³/mol. The zero-order valence-corrected chi connectivity index (χ0v) is 14.7. The lowest BCUT2D eigenvalue weighted by molar-refractivity contribution is 0.0734. The number of esters is 1. The highest BCUT2D eigenvalue weighted by atomic mass is 16.5. The number of nitriles is 1. The van der Waals surface area contributed by atoms with Gasteiger partial charge in [0.1, 0.15) is 11.5 Å². The summed E-state index contributed by atoms with van der Waals surface area (Å²) in [7, 11) is 0. The van der Waals surface area contributed by atoms with Crippen LogP contribution in [-0.4, -0.2) is 12.6 Å². The van der Waals surface area contributed by atoms with Gasteiger partial charge in [-0.15, -0.1) is 0 Å². The fourth-order valence-electron chi connectivity index (χ4n) is 2.28. The van der Waals surface area contributed by atoms with E-state index in [0.717, 1.165) is 24.5 Å². The molecule has 0 aliphatic heterocycles. The summed E-state index contributed by atoms with van der Waals surface area (Å²) in [5.41, 5.74) is 0.913. The molecule has 0 radical (unpaired) electrons. The van der Waals surface area contributed by atoms with Gasteiger partial charge in [-0.3, -0.25) is 0 Å². The fraction of sp³-hybridized carbons (Fsp3) is 0.333. The second-order valence-corrected chi connectivity index (χ2v) is 6.05. The van der Waals surface area contributed by atoms with E-state index in [0.29, 0.717) is 23.5 Å². The molecular formula is C21H23NO3.